The first-order chi connectivity index (χ1) is 13.5. The number of amides is 2. The van der Waals surface area contributed by atoms with Crippen LogP contribution in [0.4, 0.5) is 10.5 Å². The number of nitrogens with one attached hydrogen (secondary N) is 2. The molecule has 0 spiro atoms. The van der Waals surface area contributed by atoms with Gasteiger partial charge in [-0.25, -0.2) is 4.79 Å². The molecule has 2 aromatic rings. The Kier molecular flexibility index (Phi) is 7.83. The van der Waals surface area contributed by atoms with E-state index < -0.39 is 24.0 Å². The normalized spacial score (nSPS) is 11.2. The van der Waals surface area contributed by atoms with Crippen molar-refractivity contribution in [3.63, 3.8) is 0 Å². The van der Waals surface area contributed by atoms with Crippen molar-refractivity contribution in [2.75, 3.05) is 12.4 Å². The van der Waals surface area contributed by atoms with Crippen LogP contribution in [0.5, 0.6) is 5.75 Å². The van der Waals surface area contributed by atoms with E-state index in [2.05, 4.69) is 10.6 Å². The fourth-order valence-corrected chi connectivity index (χ4v) is 2.37. The molecule has 148 valence electrons. The lowest BCUT2D eigenvalue weighted by molar-refractivity contribution is -0.137. The lowest BCUT2D eigenvalue weighted by Gasteiger charge is -2.18. The van der Waals surface area contributed by atoms with Crippen molar-refractivity contribution >= 4 is 23.7 Å². The predicted molar refractivity (Wildman–Crippen MR) is 102 cm³/mol. The molecule has 0 aromatic heterocycles. The van der Waals surface area contributed by atoms with Crippen LogP contribution in [-0.4, -0.2) is 36.2 Å². The molecule has 8 heteroatoms. The maximum atomic E-state index is 12.5. The Morgan fingerprint density at radius 3 is 2.50 bits per heavy atom. The third-order valence-electron chi connectivity index (χ3n) is 3.81. The number of rotatable bonds is 9. The third kappa shape index (κ3) is 6.99. The van der Waals surface area contributed by atoms with Gasteiger partial charge in [-0.1, -0.05) is 36.4 Å². The van der Waals surface area contributed by atoms with E-state index in [1.165, 1.54) is 7.11 Å². The van der Waals surface area contributed by atoms with Gasteiger partial charge in [0.15, 0.2) is 0 Å². The van der Waals surface area contributed by atoms with Crippen LogP contribution in [0.2, 0.25) is 0 Å². The summed E-state index contributed by atoms with van der Waals surface area (Å²) in [6.45, 7) is 0.0375. The number of carbonyl (C=O) groups is 3. The second kappa shape index (κ2) is 10.6. The first-order valence-corrected chi connectivity index (χ1v) is 8.62. The van der Waals surface area contributed by atoms with Gasteiger partial charge < -0.3 is 25.2 Å². The molecule has 0 aliphatic carbocycles. The summed E-state index contributed by atoms with van der Waals surface area (Å²) in [6, 6.07) is 14.7. The molecule has 0 saturated carbocycles. The summed E-state index contributed by atoms with van der Waals surface area (Å²) in [5.41, 5.74) is 1.25. The van der Waals surface area contributed by atoms with Gasteiger partial charge in [-0.15, -0.1) is 0 Å². The Labute approximate surface area is 162 Å². The van der Waals surface area contributed by atoms with Crippen molar-refractivity contribution in [2.24, 2.45) is 0 Å². The van der Waals surface area contributed by atoms with Crippen LogP contribution < -0.4 is 15.4 Å². The Morgan fingerprint density at radius 2 is 1.82 bits per heavy atom. The van der Waals surface area contributed by atoms with E-state index in [-0.39, 0.29) is 19.4 Å². The summed E-state index contributed by atoms with van der Waals surface area (Å²) in [5, 5.41) is 14.0. The van der Waals surface area contributed by atoms with Crippen LogP contribution in [0.3, 0.4) is 0 Å². The first kappa shape index (κ1) is 20.8. The Morgan fingerprint density at radius 1 is 1.07 bits per heavy atom. The highest BCUT2D eigenvalue weighted by molar-refractivity contribution is 5.96. The number of benzene rings is 2. The molecule has 0 radical (unpaired) electrons. The van der Waals surface area contributed by atoms with Crippen molar-refractivity contribution < 1.29 is 29.0 Å². The number of hydrogen-bond donors (Lipinski definition) is 3. The first-order valence-electron chi connectivity index (χ1n) is 8.62. The van der Waals surface area contributed by atoms with Gasteiger partial charge in [0.05, 0.1) is 7.11 Å². The van der Waals surface area contributed by atoms with E-state index in [1.54, 1.807) is 36.4 Å². The molecule has 3 N–H and O–H groups in total. The van der Waals surface area contributed by atoms with E-state index in [1.807, 2.05) is 18.2 Å². The maximum absolute atomic E-state index is 12.5. The molecule has 0 aliphatic heterocycles. The molecule has 0 fully saturated rings. The highest BCUT2D eigenvalue weighted by atomic mass is 16.5. The average molecular weight is 386 g/mol. The Bertz CT molecular complexity index is 809. The standard InChI is InChI=1S/C20H22N2O6/c1-27-16-9-5-8-15(12-16)21-19(25)17(10-11-18(23)24)22-20(26)28-13-14-6-3-2-4-7-14/h2-9,12,17H,10-11,13H2,1H3,(H,21,25)(H,22,26)(H,23,24). The van der Waals surface area contributed by atoms with Crippen LogP contribution in [0.1, 0.15) is 18.4 Å². The zero-order valence-corrected chi connectivity index (χ0v) is 15.4. The van der Waals surface area contributed by atoms with Crippen molar-refractivity contribution in [1.29, 1.82) is 0 Å². The minimum absolute atomic E-state index is 0.0375. The van der Waals surface area contributed by atoms with Gasteiger partial charge in [0.1, 0.15) is 18.4 Å². The highest BCUT2D eigenvalue weighted by Gasteiger charge is 2.23. The molecule has 0 aliphatic rings. The van der Waals surface area contributed by atoms with Gasteiger partial charge in [-0.2, -0.15) is 0 Å². The number of anilines is 1. The molecular formula is C20H22N2O6. The monoisotopic (exact) mass is 386 g/mol. The summed E-state index contributed by atoms with van der Waals surface area (Å²) >= 11 is 0. The summed E-state index contributed by atoms with van der Waals surface area (Å²) in [7, 11) is 1.50. The maximum Gasteiger partial charge on any atom is 0.408 e. The fourth-order valence-electron chi connectivity index (χ4n) is 2.37. The molecule has 2 rings (SSSR count). The third-order valence-corrected chi connectivity index (χ3v) is 3.81. The molecule has 0 bridgehead atoms. The lowest BCUT2D eigenvalue weighted by atomic mass is 10.1. The number of methoxy groups -OCH3 is 1. The molecule has 0 saturated heterocycles. The number of carboxylic acid groups (broad SMARTS) is 1. The molecule has 28 heavy (non-hydrogen) atoms. The minimum atomic E-state index is -1.07. The molecule has 2 amide bonds. The lowest BCUT2D eigenvalue weighted by Crippen LogP contribution is -2.44. The van der Waals surface area contributed by atoms with Crippen molar-refractivity contribution in [1.82, 2.24) is 5.32 Å². The van der Waals surface area contributed by atoms with Crippen LogP contribution in [-0.2, 0) is 20.9 Å². The number of aliphatic carboxylic acids is 1. The zero-order chi connectivity index (χ0) is 20.4. The number of carboxylic acids is 1. The summed E-state index contributed by atoms with van der Waals surface area (Å²) in [5.74, 6) is -1.07. The van der Waals surface area contributed by atoms with Crippen molar-refractivity contribution in [3.8, 4) is 5.75 Å². The number of ether oxygens (including phenoxy) is 2. The molecule has 1 unspecified atom stereocenters. The fraction of sp³-hybridized carbons (Fsp3) is 0.250. The van der Waals surface area contributed by atoms with Crippen LogP contribution in [0, 0.1) is 0 Å². The van der Waals surface area contributed by atoms with E-state index in [9.17, 15) is 14.4 Å². The average Bonchev–Trinajstić information content (AvgIpc) is 2.70. The van der Waals surface area contributed by atoms with Crippen LogP contribution in [0.15, 0.2) is 54.6 Å². The van der Waals surface area contributed by atoms with Gasteiger partial charge in [0.25, 0.3) is 0 Å². The summed E-state index contributed by atoms with van der Waals surface area (Å²) < 4.78 is 10.2. The van der Waals surface area contributed by atoms with E-state index in [0.29, 0.717) is 11.4 Å². The quantitative estimate of drug-likeness (QED) is 0.611. The molecule has 1 atom stereocenters. The van der Waals surface area contributed by atoms with E-state index >= 15 is 0 Å². The smallest absolute Gasteiger partial charge is 0.408 e. The number of carbonyl (C=O) groups excluding carboxylic acids is 2. The van der Waals surface area contributed by atoms with Crippen molar-refractivity contribution in [3.05, 3.63) is 60.2 Å². The highest BCUT2D eigenvalue weighted by Crippen LogP contribution is 2.17. The van der Waals surface area contributed by atoms with Crippen molar-refractivity contribution in [2.45, 2.75) is 25.5 Å². The SMILES string of the molecule is COc1cccc(NC(=O)C(CCC(=O)O)NC(=O)OCc2ccccc2)c1. The largest absolute Gasteiger partial charge is 0.497 e. The second-order valence-electron chi connectivity index (χ2n) is 5.91. The molecular weight excluding hydrogens is 364 g/mol. The topological polar surface area (TPSA) is 114 Å². The van der Waals surface area contributed by atoms with Gasteiger partial charge in [0, 0.05) is 18.2 Å². The minimum Gasteiger partial charge on any atom is -0.497 e. The number of alkyl carbamates (subject to hydrolysis) is 1. The Balaban J connectivity index is 1.97. The van der Waals surface area contributed by atoms with Gasteiger partial charge in [-0.05, 0) is 24.1 Å². The predicted octanol–water partition coefficient (Wildman–Crippen LogP) is 2.79. The van der Waals surface area contributed by atoms with E-state index in [4.69, 9.17) is 14.6 Å². The molecule has 0 heterocycles. The molecule has 2 aromatic carbocycles. The molecule has 8 nitrogen and oxygen atoms in total. The van der Waals surface area contributed by atoms with Crippen LogP contribution in [0.25, 0.3) is 0 Å². The zero-order valence-electron chi connectivity index (χ0n) is 15.4. The summed E-state index contributed by atoms with van der Waals surface area (Å²) in [4.78, 5) is 35.4. The van der Waals surface area contributed by atoms with Crippen LogP contribution >= 0.6 is 0 Å². The Hall–Kier alpha value is -3.55. The van der Waals surface area contributed by atoms with Gasteiger partial charge >= 0.3 is 12.1 Å². The van der Waals surface area contributed by atoms with Gasteiger partial charge in [-0.3, -0.25) is 9.59 Å². The second-order valence-corrected chi connectivity index (χ2v) is 5.91. The number of hydrogen-bond acceptors (Lipinski definition) is 5. The van der Waals surface area contributed by atoms with Gasteiger partial charge in [0.2, 0.25) is 5.91 Å². The van der Waals surface area contributed by atoms with E-state index in [0.717, 1.165) is 5.56 Å². The summed E-state index contributed by atoms with van der Waals surface area (Å²) in [6.07, 6.45) is -1.17.